The van der Waals surface area contributed by atoms with E-state index < -0.39 is 16.1 Å². The molecular weight excluding hydrogens is 995 g/mol. The zero-order chi connectivity index (χ0) is 45.5. The number of anilines is 3. The van der Waals surface area contributed by atoms with Gasteiger partial charge < -0.3 is 9.30 Å². The fraction of sp³-hybridized carbons (Fsp3) is 0. The van der Waals surface area contributed by atoms with E-state index in [0.717, 1.165) is 49.5 Å². The Balaban J connectivity index is 0.00000480. The minimum atomic E-state index is -3.22. The molecule has 0 amide bonds. The predicted molar refractivity (Wildman–Crippen MR) is 294 cm³/mol. The predicted octanol–water partition coefficient (Wildman–Crippen LogP) is 9.54. The minimum Gasteiger partial charge on any atom is -0.340 e. The first kappa shape index (κ1) is 42.6. The second kappa shape index (κ2) is 16.9. The third kappa shape index (κ3) is 6.08. The van der Waals surface area contributed by atoms with Gasteiger partial charge in [0.2, 0.25) is 0 Å². The summed E-state index contributed by atoms with van der Waals surface area (Å²) in [5.74, 6) is 0.939. The smallest absolute Gasteiger partial charge is 0.340 e. The summed E-state index contributed by atoms with van der Waals surface area (Å²) in [4.78, 5) is 12.8. The van der Waals surface area contributed by atoms with E-state index in [0.29, 0.717) is 0 Å². The van der Waals surface area contributed by atoms with Gasteiger partial charge in [-0.3, -0.25) is 4.98 Å². The molecule has 0 saturated heterocycles. The van der Waals surface area contributed by atoms with Crippen LogP contribution in [0.2, 0.25) is 0 Å². The number of aromatic nitrogens is 3. The van der Waals surface area contributed by atoms with Crippen LogP contribution in [-0.2, 0) is 20.4 Å². The van der Waals surface area contributed by atoms with Gasteiger partial charge in [0.15, 0.2) is 8.07 Å². The monoisotopic (exact) mass is 1030 g/mol. The number of nitrogens with zero attached hydrogens (tertiary/aromatic N) is 4. The third-order valence-corrected chi connectivity index (χ3v) is 25.0. The van der Waals surface area contributed by atoms with E-state index in [2.05, 4.69) is 252 Å². The molecule has 14 rings (SSSR count). The summed E-state index contributed by atoms with van der Waals surface area (Å²) in [5.41, 5.74) is 4.12. The van der Waals surface area contributed by atoms with Crippen molar-refractivity contribution in [2.45, 2.75) is 0 Å². The van der Waals surface area contributed by atoms with Crippen LogP contribution >= 0.6 is 11.3 Å². The molecule has 0 N–H and O–H groups in total. The number of thiophene rings is 1. The zero-order valence-electron chi connectivity index (χ0n) is 37.6. The van der Waals surface area contributed by atoms with Gasteiger partial charge in [-0.15, -0.1) is 46.2 Å². The summed E-state index contributed by atoms with van der Waals surface area (Å²) < 4.78 is 4.78. The summed E-state index contributed by atoms with van der Waals surface area (Å²) in [7, 11) is -6.30. The SMILES string of the molecule is [Pd+2].[c-]1c(N2c3ccc4sc5ccccc5c4c3[Si](c3ccccc3)(c3ccccc3)c3cccnc32)cccc1[Si](c1[c-]c2c(cc1)c1ccccc1n1ccnc21)(c1ccccc1)c1ccccc1. The Hall–Kier alpha value is -7.54. The van der Waals surface area contributed by atoms with Gasteiger partial charge in [-0.2, -0.15) is 23.4 Å². The Bertz CT molecular complexity index is 4030. The van der Waals surface area contributed by atoms with Crippen LogP contribution in [0.25, 0.3) is 47.5 Å². The van der Waals surface area contributed by atoms with Crippen LogP contribution in [0.5, 0.6) is 0 Å². The number of imidazole rings is 1. The van der Waals surface area contributed by atoms with Gasteiger partial charge in [0.1, 0.15) is 13.9 Å². The van der Waals surface area contributed by atoms with Crippen molar-refractivity contribution in [3.63, 3.8) is 0 Å². The molecular formula is C62H40N4PdSSi2. The van der Waals surface area contributed by atoms with E-state index in [1.54, 1.807) is 0 Å². The van der Waals surface area contributed by atoms with Gasteiger partial charge in [0.05, 0.1) is 5.65 Å². The topological polar surface area (TPSA) is 33.4 Å². The molecule has 0 fully saturated rings. The second-order valence-corrected chi connectivity index (χ2v) is 26.4. The Morgan fingerprint density at radius 3 is 1.86 bits per heavy atom. The Morgan fingerprint density at radius 2 is 1.13 bits per heavy atom. The maximum absolute atomic E-state index is 5.44. The Morgan fingerprint density at radius 1 is 0.486 bits per heavy atom. The number of benzene rings is 9. The normalized spacial score (nSPS) is 13.1. The van der Waals surface area contributed by atoms with Gasteiger partial charge in [-0.05, 0) is 66.8 Å². The largest absolute Gasteiger partial charge is 2.00 e. The van der Waals surface area contributed by atoms with Crippen LogP contribution in [0.3, 0.4) is 0 Å². The molecule has 0 bridgehead atoms. The number of fused-ring (bicyclic) bond motifs is 12. The summed E-state index contributed by atoms with van der Waals surface area (Å²) in [6.07, 6.45) is 5.93. The summed E-state index contributed by atoms with van der Waals surface area (Å²) in [5, 5.41) is 16.0. The van der Waals surface area contributed by atoms with Gasteiger partial charge >= 0.3 is 20.4 Å². The second-order valence-electron chi connectivity index (χ2n) is 17.9. The standard InChI is InChI=1S/C62H40N4SSi2.Pd/c1-5-20-44(21-6-1)68(45-22-7-2-8-23-45,49-34-35-50-51-29-13-15-31-54(51)65-40-39-64-61(65)53(50)42-49)48-28-17-19-43(41-48)66-55-36-37-57-59(52-30-14-16-32-56(52)67-57)60(55)69(46-24-9-3-10-25-46,47-26-11-4-12-27-47)58-33-18-38-63-62(58)66;/h1-40H;/q-2;+2. The average Bonchev–Trinajstić information content (AvgIpc) is 4.08. The maximum Gasteiger partial charge on any atom is 2.00 e. The molecule has 4 aromatic heterocycles. The zero-order valence-corrected chi connectivity index (χ0v) is 42.0. The first-order valence-corrected chi connectivity index (χ1v) is 28.2. The molecule has 4 nitrogen and oxygen atoms in total. The van der Waals surface area contributed by atoms with E-state index >= 15 is 0 Å². The molecule has 1 aliphatic heterocycles. The molecule has 0 unspecified atom stereocenters. The van der Waals surface area contributed by atoms with E-state index in [-0.39, 0.29) is 20.4 Å². The first-order chi connectivity index (χ1) is 34.2. The first-order valence-electron chi connectivity index (χ1n) is 23.4. The minimum absolute atomic E-state index is 0. The summed E-state index contributed by atoms with van der Waals surface area (Å²) in [6, 6.07) is 91.3. The molecule has 0 spiro atoms. The van der Waals surface area contributed by atoms with Crippen molar-refractivity contribution in [3.05, 3.63) is 255 Å². The molecule has 1 aliphatic rings. The third-order valence-electron chi connectivity index (χ3n) is 14.5. The Kier molecular flexibility index (Phi) is 10.2. The average molecular weight is 1040 g/mol. The van der Waals surface area contributed by atoms with Crippen LogP contribution in [0.4, 0.5) is 17.2 Å². The van der Waals surface area contributed by atoms with Crippen LogP contribution in [0, 0.1) is 12.1 Å². The van der Waals surface area contributed by atoms with Gasteiger partial charge in [0, 0.05) is 50.0 Å². The molecule has 13 aromatic rings. The molecule has 0 atom stereocenters. The van der Waals surface area contributed by atoms with Crippen LogP contribution in [0.1, 0.15) is 0 Å². The van der Waals surface area contributed by atoms with Crippen LogP contribution in [-0.4, -0.2) is 30.5 Å². The quantitative estimate of drug-likeness (QED) is 0.0691. The van der Waals surface area contributed by atoms with Gasteiger partial charge in [-0.1, -0.05) is 175 Å². The molecule has 0 radical (unpaired) electrons. The molecule has 332 valence electrons. The number of hydrogen-bond donors (Lipinski definition) is 0. The molecule has 0 aliphatic carbocycles. The van der Waals surface area contributed by atoms with Crippen LogP contribution < -0.4 is 46.4 Å². The maximum atomic E-state index is 5.44. The fourth-order valence-corrected chi connectivity index (χ4v) is 22.7. The Labute approximate surface area is 425 Å². The van der Waals surface area contributed by atoms with Crippen molar-refractivity contribution < 1.29 is 20.4 Å². The number of pyridine rings is 2. The molecule has 8 heteroatoms. The van der Waals surface area contributed by atoms with Crippen LogP contribution in [0.15, 0.2) is 243 Å². The van der Waals surface area contributed by atoms with Crippen molar-refractivity contribution in [2.75, 3.05) is 4.90 Å². The van der Waals surface area contributed by atoms with Gasteiger partial charge in [0.25, 0.3) is 0 Å². The van der Waals surface area contributed by atoms with E-state index in [1.165, 1.54) is 56.7 Å². The van der Waals surface area contributed by atoms with Crippen molar-refractivity contribution in [2.24, 2.45) is 0 Å². The van der Waals surface area contributed by atoms with Crippen molar-refractivity contribution >= 4 is 134 Å². The number of hydrogen-bond acceptors (Lipinski definition) is 4. The number of rotatable bonds is 7. The molecule has 9 aromatic carbocycles. The molecule has 0 saturated carbocycles. The van der Waals surface area contributed by atoms with Crippen molar-refractivity contribution in [1.29, 1.82) is 0 Å². The van der Waals surface area contributed by atoms with E-state index in [4.69, 9.17) is 9.97 Å². The van der Waals surface area contributed by atoms with E-state index in [9.17, 15) is 0 Å². The fourth-order valence-electron chi connectivity index (χ4n) is 11.7. The number of para-hydroxylation sites is 1. The van der Waals surface area contributed by atoms with Crippen molar-refractivity contribution in [3.8, 4) is 0 Å². The summed E-state index contributed by atoms with van der Waals surface area (Å²) in [6.45, 7) is 0. The van der Waals surface area contributed by atoms with Gasteiger partial charge in [-0.25, -0.2) is 4.98 Å². The van der Waals surface area contributed by atoms with E-state index in [1.807, 2.05) is 23.7 Å². The molecule has 70 heavy (non-hydrogen) atoms. The molecule has 5 heterocycles. The van der Waals surface area contributed by atoms with Crippen molar-refractivity contribution in [1.82, 2.24) is 14.4 Å². The summed E-state index contributed by atoms with van der Waals surface area (Å²) >= 11 is 1.88.